The van der Waals surface area contributed by atoms with Crippen LogP contribution in [0.1, 0.15) is 22.0 Å². The van der Waals surface area contributed by atoms with Gasteiger partial charge in [-0.2, -0.15) is 0 Å². The Morgan fingerprint density at radius 2 is 1.88 bits per heavy atom. The molecule has 7 nitrogen and oxygen atoms in total. The van der Waals surface area contributed by atoms with E-state index in [9.17, 15) is 9.59 Å². The molecule has 1 aliphatic rings. The standard InChI is InChI=1S/C19H22N4O3/c24-18(12-22-13-19(25)26)15-1-3-16(4-2-15)23-10-9-21-11-17(23)14-5-7-20-8-6-14/h1-8,17,21-22H,9-13H2,(H,25,26). The Labute approximate surface area is 152 Å². The minimum absolute atomic E-state index is 0.0128. The monoisotopic (exact) mass is 354 g/mol. The molecule has 0 amide bonds. The van der Waals surface area contributed by atoms with Crippen LogP contribution in [0.5, 0.6) is 0 Å². The molecule has 0 saturated carbocycles. The number of aromatic nitrogens is 1. The molecule has 3 rings (SSSR count). The number of nitrogens with zero attached hydrogens (tertiary/aromatic N) is 2. The lowest BCUT2D eigenvalue weighted by atomic mass is 10.0. The van der Waals surface area contributed by atoms with Gasteiger partial charge < -0.3 is 15.3 Å². The SMILES string of the molecule is O=C(O)CNCC(=O)c1ccc(N2CCNCC2c2ccncc2)cc1. The zero-order chi connectivity index (χ0) is 18.4. The molecule has 136 valence electrons. The fraction of sp³-hybridized carbons (Fsp3) is 0.316. The smallest absolute Gasteiger partial charge is 0.317 e. The van der Waals surface area contributed by atoms with Gasteiger partial charge in [-0.05, 0) is 42.0 Å². The maximum absolute atomic E-state index is 12.1. The highest BCUT2D eigenvalue weighted by atomic mass is 16.4. The summed E-state index contributed by atoms with van der Waals surface area (Å²) in [5.41, 5.74) is 2.83. The number of carboxylic acid groups (broad SMARTS) is 1. The average molecular weight is 354 g/mol. The average Bonchev–Trinajstić information content (AvgIpc) is 2.68. The van der Waals surface area contributed by atoms with Gasteiger partial charge in [0.1, 0.15) is 0 Å². The van der Waals surface area contributed by atoms with E-state index in [1.807, 2.05) is 24.3 Å². The number of anilines is 1. The number of aliphatic carboxylic acids is 1. The highest BCUT2D eigenvalue weighted by Crippen LogP contribution is 2.28. The van der Waals surface area contributed by atoms with E-state index in [2.05, 4.69) is 20.5 Å². The van der Waals surface area contributed by atoms with Crippen LogP contribution in [0.25, 0.3) is 0 Å². The van der Waals surface area contributed by atoms with Crippen molar-refractivity contribution in [3.8, 4) is 0 Å². The highest BCUT2D eigenvalue weighted by molar-refractivity contribution is 5.98. The summed E-state index contributed by atoms with van der Waals surface area (Å²) in [4.78, 5) is 29.0. The van der Waals surface area contributed by atoms with Gasteiger partial charge in [-0.3, -0.25) is 19.9 Å². The Kier molecular flexibility index (Phi) is 5.93. The van der Waals surface area contributed by atoms with Crippen LogP contribution < -0.4 is 15.5 Å². The number of ketones is 1. The summed E-state index contributed by atoms with van der Waals surface area (Å²) < 4.78 is 0. The minimum atomic E-state index is -0.978. The summed E-state index contributed by atoms with van der Waals surface area (Å²) in [5.74, 6) is -1.10. The molecule has 3 N–H and O–H groups in total. The van der Waals surface area contributed by atoms with Crippen molar-refractivity contribution in [1.29, 1.82) is 0 Å². The molecular weight excluding hydrogens is 332 g/mol. The Bertz CT molecular complexity index is 749. The van der Waals surface area contributed by atoms with E-state index in [0.717, 1.165) is 25.3 Å². The summed E-state index contributed by atoms with van der Waals surface area (Å²) in [6.07, 6.45) is 3.60. The van der Waals surface area contributed by atoms with E-state index >= 15 is 0 Å². The predicted molar refractivity (Wildman–Crippen MR) is 98.5 cm³/mol. The van der Waals surface area contributed by atoms with E-state index in [1.54, 1.807) is 24.5 Å². The van der Waals surface area contributed by atoms with E-state index < -0.39 is 5.97 Å². The van der Waals surface area contributed by atoms with Gasteiger partial charge in [0.15, 0.2) is 5.78 Å². The van der Waals surface area contributed by atoms with E-state index in [4.69, 9.17) is 5.11 Å². The maximum Gasteiger partial charge on any atom is 0.317 e. The first kappa shape index (κ1) is 18.0. The van der Waals surface area contributed by atoms with E-state index in [-0.39, 0.29) is 24.9 Å². The lowest BCUT2D eigenvalue weighted by Gasteiger charge is -2.38. The van der Waals surface area contributed by atoms with Crippen LogP contribution in [0.4, 0.5) is 5.69 Å². The van der Waals surface area contributed by atoms with Gasteiger partial charge in [0.25, 0.3) is 0 Å². The molecule has 1 atom stereocenters. The predicted octanol–water partition coefficient (Wildman–Crippen LogP) is 1.09. The first-order valence-corrected chi connectivity index (χ1v) is 8.58. The Hall–Kier alpha value is -2.77. The van der Waals surface area contributed by atoms with Crippen molar-refractivity contribution in [3.63, 3.8) is 0 Å². The molecule has 0 bridgehead atoms. The summed E-state index contributed by atoms with van der Waals surface area (Å²) in [7, 11) is 0. The van der Waals surface area contributed by atoms with E-state index in [0.29, 0.717) is 5.56 Å². The number of rotatable bonds is 7. The van der Waals surface area contributed by atoms with Crippen molar-refractivity contribution < 1.29 is 14.7 Å². The number of hydrogen-bond donors (Lipinski definition) is 3. The van der Waals surface area contributed by atoms with Crippen molar-refractivity contribution in [1.82, 2.24) is 15.6 Å². The maximum atomic E-state index is 12.1. The molecule has 2 heterocycles. The van der Waals surface area contributed by atoms with Gasteiger partial charge in [-0.15, -0.1) is 0 Å². The molecular formula is C19H22N4O3. The molecule has 1 aliphatic heterocycles. The van der Waals surface area contributed by atoms with E-state index in [1.165, 1.54) is 5.56 Å². The van der Waals surface area contributed by atoms with Crippen molar-refractivity contribution in [2.45, 2.75) is 6.04 Å². The fourth-order valence-corrected chi connectivity index (χ4v) is 3.12. The molecule has 0 aliphatic carbocycles. The quantitative estimate of drug-likeness (QED) is 0.641. The van der Waals surface area contributed by atoms with Crippen LogP contribution in [0.15, 0.2) is 48.8 Å². The number of carbonyl (C=O) groups excluding carboxylic acids is 1. The Balaban J connectivity index is 1.70. The van der Waals surface area contributed by atoms with Crippen LogP contribution in [-0.2, 0) is 4.79 Å². The highest BCUT2D eigenvalue weighted by Gasteiger charge is 2.24. The van der Waals surface area contributed by atoms with Crippen LogP contribution in [-0.4, -0.2) is 54.6 Å². The lowest BCUT2D eigenvalue weighted by Crippen LogP contribution is -2.46. The van der Waals surface area contributed by atoms with Crippen LogP contribution >= 0.6 is 0 Å². The third kappa shape index (κ3) is 4.44. The summed E-state index contributed by atoms with van der Waals surface area (Å²) >= 11 is 0. The Morgan fingerprint density at radius 3 is 2.58 bits per heavy atom. The minimum Gasteiger partial charge on any atom is -0.480 e. The lowest BCUT2D eigenvalue weighted by molar-refractivity contribution is -0.135. The second kappa shape index (κ2) is 8.55. The van der Waals surface area contributed by atoms with Gasteiger partial charge >= 0.3 is 5.97 Å². The number of nitrogens with one attached hydrogen (secondary N) is 2. The molecule has 1 aromatic carbocycles. The second-order valence-corrected chi connectivity index (χ2v) is 6.16. The molecule has 1 fully saturated rings. The van der Waals surface area contributed by atoms with Gasteiger partial charge in [0, 0.05) is 43.3 Å². The topological polar surface area (TPSA) is 94.6 Å². The number of benzene rings is 1. The zero-order valence-corrected chi connectivity index (χ0v) is 14.4. The first-order valence-electron chi connectivity index (χ1n) is 8.58. The van der Waals surface area contributed by atoms with Gasteiger partial charge in [-0.1, -0.05) is 0 Å². The van der Waals surface area contributed by atoms with Gasteiger partial charge in [0.05, 0.1) is 19.1 Å². The molecule has 2 aromatic rings. The normalized spacial score (nSPS) is 17.1. The Morgan fingerprint density at radius 1 is 1.15 bits per heavy atom. The van der Waals surface area contributed by atoms with Crippen molar-refractivity contribution >= 4 is 17.4 Å². The number of piperazine rings is 1. The molecule has 0 spiro atoms. The third-order valence-electron chi connectivity index (χ3n) is 4.42. The van der Waals surface area contributed by atoms with Crippen molar-refractivity contribution in [2.24, 2.45) is 0 Å². The second-order valence-electron chi connectivity index (χ2n) is 6.16. The van der Waals surface area contributed by atoms with Gasteiger partial charge in [0.2, 0.25) is 0 Å². The molecule has 1 saturated heterocycles. The van der Waals surface area contributed by atoms with Gasteiger partial charge in [-0.25, -0.2) is 0 Å². The molecule has 7 heteroatoms. The first-order chi connectivity index (χ1) is 12.6. The number of carbonyl (C=O) groups is 2. The molecule has 1 aromatic heterocycles. The summed E-state index contributed by atoms with van der Waals surface area (Å²) in [5, 5.41) is 14.6. The zero-order valence-electron chi connectivity index (χ0n) is 14.4. The number of hydrogen-bond acceptors (Lipinski definition) is 6. The summed E-state index contributed by atoms with van der Waals surface area (Å²) in [6.45, 7) is 2.42. The van der Waals surface area contributed by atoms with Crippen LogP contribution in [0, 0.1) is 0 Å². The number of pyridine rings is 1. The largest absolute Gasteiger partial charge is 0.480 e. The third-order valence-corrected chi connectivity index (χ3v) is 4.42. The van der Waals surface area contributed by atoms with Crippen LogP contribution in [0.3, 0.4) is 0 Å². The van der Waals surface area contributed by atoms with Crippen LogP contribution in [0.2, 0.25) is 0 Å². The van der Waals surface area contributed by atoms with Crippen molar-refractivity contribution in [3.05, 3.63) is 59.9 Å². The molecule has 26 heavy (non-hydrogen) atoms. The number of Topliss-reactive ketones (excluding diaryl/α,β-unsaturated/α-hetero) is 1. The molecule has 0 radical (unpaired) electrons. The van der Waals surface area contributed by atoms with Crippen molar-refractivity contribution in [2.75, 3.05) is 37.6 Å². The fourth-order valence-electron chi connectivity index (χ4n) is 3.12. The molecule has 1 unspecified atom stereocenters. The number of carboxylic acids is 1. The summed E-state index contributed by atoms with van der Waals surface area (Å²) in [6, 6.07) is 11.8.